The Bertz CT molecular complexity index is 897. The van der Waals surface area contributed by atoms with Gasteiger partial charge in [0.2, 0.25) is 9.84 Å². The van der Waals surface area contributed by atoms with Gasteiger partial charge in [-0.3, -0.25) is 0 Å². The topological polar surface area (TPSA) is 79.2 Å². The van der Waals surface area contributed by atoms with Crippen LogP contribution in [-0.4, -0.2) is 15.5 Å². The van der Waals surface area contributed by atoms with E-state index in [9.17, 15) is 13.7 Å². The second-order valence-electron chi connectivity index (χ2n) is 4.60. The van der Waals surface area contributed by atoms with Crippen molar-refractivity contribution in [3.8, 4) is 11.8 Å². The summed E-state index contributed by atoms with van der Waals surface area (Å²) in [6.45, 7) is 0. The molecule has 0 aromatic heterocycles. The average molecular weight is 383 g/mol. The van der Waals surface area contributed by atoms with Gasteiger partial charge in [0.05, 0.1) is 12.0 Å². The van der Waals surface area contributed by atoms with Gasteiger partial charge >= 0.3 is 0 Å². The minimum absolute atomic E-state index is 0.0120. The fourth-order valence-electron chi connectivity index (χ4n) is 1.84. The quantitative estimate of drug-likeness (QED) is 0.781. The maximum Gasteiger partial charge on any atom is 0.218 e. The Morgan fingerprint density at radius 3 is 2.25 bits per heavy atom. The standard InChI is InChI=1S/C16H12Cl2N2O3S/c1-23-14-2-4-15(5-3-14)24(21,22)16(9-19)10-20-13-7-11(17)6-12(18)8-13/h2-8,10,20H,1H3. The smallest absolute Gasteiger partial charge is 0.218 e. The van der Waals surface area contributed by atoms with Gasteiger partial charge in [-0.15, -0.1) is 0 Å². The van der Waals surface area contributed by atoms with E-state index >= 15 is 0 Å². The summed E-state index contributed by atoms with van der Waals surface area (Å²) in [5, 5.41) is 12.7. The molecule has 0 spiro atoms. The maximum absolute atomic E-state index is 12.5. The van der Waals surface area contributed by atoms with Crippen molar-refractivity contribution in [2.24, 2.45) is 0 Å². The molecule has 0 atom stereocenters. The van der Waals surface area contributed by atoms with Crippen LogP contribution in [0.25, 0.3) is 0 Å². The Labute approximate surface area is 150 Å². The molecule has 0 radical (unpaired) electrons. The van der Waals surface area contributed by atoms with Crippen molar-refractivity contribution in [2.75, 3.05) is 12.4 Å². The van der Waals surface area contributed by atoms with Crippen molar-refractivity contribution in [3.63, 3.8) is 0 Å². The fraction of sp³-hybridized carbons (Fsp3) is 0.0625. The number of nitrogens with zero attached hydrogens (tertiary/aromatic N) is 1. The third-order valence-corrected chi connectivity index (χ3v) is 5.12. The normalized spacial score (nSPS) is 11.7. The molecule has 0 saturated heterocycles. The highest BCUT2D eigenvalue weighted by Crippen LogP contribution is 2.24. The third-order valence-electron chi connectivity index (χ3n) is 3.00. The number of nitriles is 1. The predicted octanol–water partition coefficient (Wildman–Crippen LogP) is 4.25. The van der Waals surface area contributed by atoms with Crippen molar-refractivity contribution in [2.45, 2.75) is 4.90 Å². The molecule has 1 N–H and O–H groups in total. The van der Waals surface area contributed by atoms with Crippen LogP contribution >= 0.6 is 23.2 Å². The third kappa shape index (κ3) is 4.20. The van der Waals surface area contributed by atoms with Crippen molar-refractivity contribution in [1.82, 2.24) is 0 Å². The van der Waals surface area contributed by atoms with Gasteiger partial charge in [0.15, 0.2) is 4.91 Å². The highest BCUT2D eigenvalue weighted by atomic mass is 35.5. The summed E-state index contributed by atoms with van der Waals surface area (Å²) in [4.78, 5) is -0.453. The number of anilines is 1. The Hall–Kier alpha value is -2.20. The molecule has 2 aromatic rings. The molecule has 0 saturated carbocycles. The predicted molar refractivity (Wildman–Crippen MR) is 94.0 cm³/mol. The second kappa shape index (κ2) is 7.58. The highest BCUT2D eigenvalue weighted by Gasteiger charge is 2.20. The van der Waals surface area contributed by atoms with Crippen molar-refractivity contribution in [3.05, 3.63) is 63.6 Å². The first-order valence-corrected chi connectivity index (χ1v) is 8.83. The van der Waals surface area contributed by atoms with Crippen LogP contribution in [0, 0.1) is 11.3 Å². The number of sulfone groups is 1. The number of halogens is 2. The number of benzene rings is 2. The van der Waals surface area contributed by atoms with Crippen LogP contribution in [0.15, 0.2) is 58.5 Å². The highest BCUT2D eigenvalue weighted by molar-refractivity contribution is 7.95. The van der Waals surface area contributed by atoms with E-state index in [4.69, 9.17) is 27.9 Å². The number of nitrogens with one attached hydrogen (secondary N) is 1. The first kappa shape index (κ1) is 18.1. The molecule has 0 aliphatic rings. The number of hydrogen-bond acceptors (Lipinski definition) is 5. The number of rotatable bonds is 5. The Morgan fingerprint density at radius 2 is 1.75 bits per heavy atom. The number of ether oxygens (including phenoxy) is 1. The molecule has 2 aromatic carbocycles. The van der Waals surface area contributed by atoms with Gasteiger partial charge in [-0.2, -0.15) is 5.26 Å². The first-order chi connectivity index (χ1) is 11.4. The van der Waals surface area contributed by atoms with Crippen LogP contribution in [0.5, 0.6) is 5.75 Å². The molecule has 0 bridgehead atoms. The summed E-state index contributed by atoms with van der Waals surface area (Å²) in [5.74, 6) is 0.517. The molecule has 0 fully saturated rings. The Morgan fingerprint density at radius 1 is 1.17 bits per heavy atom. The van der Waals surface area contributed by atoms with E-state index in [1.807, 2.05) is 0 Å². The molecule has 8 heteroatoms. The summed E-state index contributed by atoms with van der Waals surface area (Å²) < 4.78 is 30.0. The lowest BCUT2D eigenvalue weighted by Crippen LogP contribution is -2.05. The lowest BCUT2D eigenvalue weighted by Gasteiger charge is -2.06. The summed E-state index contributed by atoms with van der Waals surface area (Å²) in [6.07, 6.45) is 1.10. The van der Waals surface area contributed by atoms with E-state index in [0.29, 0.717) is 21.5 Å². The van der Waals surface area contributed by atoms with Gasteiger partial charge in [0.25, 0.3) is 0 Å². The van der Waals surface area contributed by atoms with Crippen LogP contribution in [-0.2, 0) is 9.84 Å². The van der Waals surface area contributed by atoms with Gasteiger partial charge in [-0.25, -0.2) is 8.42 Å². The largest absolute Gasteiger partial charge is 0.497 e. The zero-order valence-corrected chi connectivity index (χ0v) is 14.8. The summed E-state index contributed by atoms with van der Waals surface area (Å²) in [6, 6.07) is 12.1. The minimum Gasteiger partial charge on any atom is -0.497 e. The lowest BCUT2D eigenvalue weighted by molar-refractivity contribution is 0.414. The van der Waals surface area contributed by atoms with E-state index < -0.39 is 14.7 Å². The zero-order valence-electron chi connectivity index (χ0n) is 12.5. The molecule has 24 heavy (non-hydrogen) atoms. The second-order valence-corrected chi connectivity index (χ2v) is 7.39. The van der Waals surface area contributed by atoms with Crippen LogP contribution < -0.4 is 10.1 Å². The SMILES string of the molecule is COc1ccc(S(=O)(=O)C(C#N)=CNc2cc(Cl)cc(Cl)c2)cc1. The van der Waals surface area contributed by atoms with Crippen LogP contribution in [0.4, 0.5) is 5.69 Å². The summed E-state index contributed by atoms with van der Waals surface area (Å²) >= 11 is 11.7. The Kier molecular flexibility index (Phi) is 5.73. The fourth-order valence-corrected chi connectivity index (χ4v) is 3.45. The van der Waals surface area contributed by atoms with E-state index in [1.54, 1.807) is 18.2 Å². The van der Waals surface area contributed by atoms with E-state index in [0.717, 1.165) is 6.20 Å². The van der Waals surface area contributed by atoms with Crippen LogP contribution in [0.1, 0.15) is 0 Å². The molecule has 0 aliphatic carbocycles. The van der Waals surface area contributed by atoms with Crippen LogP contribution in [0.2, 0.25) is 10.0 Å². The van der Waals surface area contributed by atoms with E-state index in [-0.39, 0.29) is 4.90 Å². The van der Waals surface area contributed by atoms with Crippen molar-refractivity contribution < 1.29 is 13.2 Å². The molecular formula is C16H12Cl2N2O3S. The number of methoxy groups -OCH3 is 1. The Balaban J connectivity index is 2.33. The number of hydrogen-bond donors (Lipinski definition) is 1. The van der Waals surface area contributed by atoms with Gasteiger partial charge in [-0.05, 0) is 42.5 Å². The zero-order chi connectivity index (χ0) is 17.7. The molecule has 5 nitrogen and oxygen atoms in total. The van der Waals surface area contributed by atoms with Gasteiger partial charge < -0.3 is 10.1 Å². The monoisotopic (exact) mass is 382 g/mol. The van der Waals surface area contributed by atoms with Gasteiger partial charge in [0, 0.05) is 21.9 Å². The van der Waals surface area contributed by atoms with Crippen molar-refractivity contribution in [1.29, 1.82) is 5.26 Å². The summed E-state index contributed by atoms with van der Waals surface area (Å²) in [5.41, 5.74) is 0.463. The molecule has 0 amide bonds. The molecule has 0 unspecified atom stereocenters. The van der Waals surface area contributed by atoms with Gasteiger partial charge in [0.1, 0.15) is 11.8 Å². The minimum atomic E-state index is -3.95. The van der Waals surface area contributed by atoms with Crippen LogP contribution in [0.3, 0.4) is 0 Å². The molecule has 124 valence electrons. The average Bonchev–Trinajstić information content (AvgIpc) is 2.54. The molecule has 0 heterocycles. The van der Waals surface area contributed by atoms with Crippen molar-refractivity contribution >= 4 is 38.7 Å². The summed E-state index contributed by atoms with van der Waals surface area (Å²) in [7, 11) is -2.47. The molecule has 2 rings (SSSR count). The molecule has 0 aliphatic heterocycles. The first-order valence-electron chi connectivity index (χ1n) is 6.59. The van der Waals surface area contributed by atoms with E-state index in [2.05, 4.69) is 5.32 Å². The van der Waals surface area contributed by atoms with Gasteiger partial charge in [-0.1, -0.05) is 23.2 Å². The maximum atomic E-state index is 12.5. The lowest BCUT2D eigenvalue weighted by atomic mass is 10.3. The van der Waals surface area contributed by atoms with E-state index in [1.165, 1.54) is 37.4 Å². The number of allylic oxidation sites excluding steroid dienone is 1. The molecular weight excluding hydrogens is 371 g/mol.